The Hall–Kier alpha value is -1.81. The van der Waals surface area contributed by atoms with Gasteiger partial charge >= 0.3 is 0 Å². The Morgan fingerprint density at radius 1 is 1.42 bits per heavy atom. The van der Waals surface area contributed by atoms with Crippen molar-refractivity contribution in [2.24, 2.45) is 0 Å². The van der Waals surface area contributed by atoms with Crippen molar-refractivity contribution >= 4 is 0 Å². The average Bonchev–Trinajstić information content (AvgIpc) is 2.88. The predicted molar refractivity (Wildman–Crippen MR) is 74.2 cm³/mol. The van der Waals surface area contributed by atoms with Crippen LogP contribution < -0.4 is 4.74 Å². The summed E-state index contributed by atoms with van der Waals surface area (Å²) >= 11 is 0. The maximum Gasteiger partial charge on any atom is 0.119 e. The molecule has 1 unspecified atom stereocenters. The lowest BCUT2D eigenvalue weighted by Gasteiger charge is -2.09. The van der Waals surface area contributed by atoms with Crippen LogP contribution in [-0.2, 0) is 13.0 Å². The Labute approximate surface area is 113 Å². The molecule has 1 N–H and O–H groups in total. The van der Waals surface area contributed by atoms with E-state index in [9.17, 15) is 5.11 Å². The van der Waals surface area contributed by atoms with Crippen LogP contribution in [0.3, 0.4) is 0 Å². The second kappa shape index (κ2) is 6.38. The topological polar surface area (TPSA) is 47.3 Å². The van der Waals surface area contributed by atoms with E-state index in [1.54, 1.807) is 13.3 Å². The van der Waals surface area contributed by atoms with Crippen molar-refractivity contribution < 1.29 is 9.84 Å². The fourth-order valence-corrected chi connectivity index (χ4v) is 2.04. The van der Waals surface area contributed by atoms with Gasteiger partial charge in [-0.2, -0.15) is 5.10 Å². The lowest BCUT2D eigenvalue weighted by Crippen LogP contribution is -2.01. The van der Waals surface area contributed by atoms with Crippen LogP contribution in [0.25, 0.3) is 0 Å². The predicted octanol–water partition coefficient (Wildman–Crippen LogP) is 2.58. The van der Waals surface area contributed by atoms with Gasteiger partial charge in [-0.05, 0) is 24.1 Å². The SMILES string of the molecule is CCCn1cc(C(O)Cc2cccc(OC)c2)cn1. The fourth-order valence-electron chi connectivity index (χ4n) is 2.04. The molecule has 2 aromatic rings. The van der Waals surface area contributed by atoms with Gasteiger partial charge in [0.25, 0.3) is 0 Å². The fraction of sp³-hybridized carbons (Fsp3) is 0.400. The Morgan fingerprint density at radius 2 is 2.26 bits per heavy atom. The van der Waals surface area contributed by atoms with E-state index in [4.69, 9.17) is 4.74 Å². The summed E-state index contributed by atoms with van der Waals surface area (Å²) in [6, 6.07) is 7.76. The average molecular weight is 260 g/mol. The van der Waals surface area contributed by atoms with Gasteiger partial charge in [0.15, 0.2) is 0 Å². The number of aromatic nitrogens is 2. The number of methoxy groups -OCH3 is 1. The highest BCUT2D eigenvalue weighted by atomic mass is 16.5. The lowest BCUT2D eigenvalue weighted by molar-refractivity contribution is 0.178. The van der Waals surface area contributed by atoms with Gasteiger partial charge in [-0.3, -0.25) is 4.68 Å². The third-order valence-corrected chi connectivity index (χ3v) is 3.05. The Balaban J connectivity index is 2.04. The number of aliphatic hydroxyl groups excluding tert-OH is 1. The molecule has 0 aliphatic rings. The van der Waals surface area contributed by atoms with E-state index in [1.807, 2.05) is 35.1 Å². The van der Waals surface area contributed by atoms with Gasteiger partial charge in [0.1, 0.15) is 5.75 Å². The van der Waals surface area contributed by atoms with Crippen molar-refractivity contribution in [3.05, 3.63) is 47.8 Å². The standard InChI is InChI=1S/C15H20N2O2/c1-3-7-17-11-13(10-16-17)15(18)9-12-5-4-6-14(8-12)19-2/h4-6,8,10-11,15,18H,3,7,9H2,1-2H3. The van der Waals surface area contributed by atoms with Crippen molar-refractivity contribution in [1.29, 1.82) is 0 Å². The molecule has 1 atom stereocenters. The number of nitrogens with zero attached hydrogens (tertiary/aromatic N) is 2. The first-order chi connectivity index (χ1) is 9.22. The minimum absolute atomic E-state index is 0.530. The van der Waals surface area contributed by atoms with E-state index in [-0.39, 0.29) is 0 Å². The first-order valence-corrected chi connectivity index (χ1v) is 6.56. The minimum atomic E-state index is -0.530. The molecule has 1 aromatic carbocycles. The van der Waals surface area contributed by atoms with Crippen molar-refractivity contribution in [3.8, 4) is 5.75 Å². The van der Waals surface area contributed by atoms with E-state index in [1.165, 1.54) is 0 Å². The quantitative estimate of drug-likeness (QED) is 0.868. The molecule has 102 valence electrons. The number of benzene rings is 1. The van der Waals surface area contributed by atoms with Crippen LogP contribution in [0.4, 0.5) is 0 Å². The van der Waals surface area contributed by atoms with Crippen LogP contribution in [-0.4, -0.2) is 22.0 Å². The molecule has 0 bridgehead atoms. The Bertz CT molecular complexity index is 522. The zero-order valence-electron chi connectivity index (χ0n) is 11.4. The monoisotopic (exact) mass is 260 g/mol. The van der Waals surface area contributed by atoms with Gasteiger partial charge in [0.2, 0.25) is 0 Å². The van der Waals surface area contributed by atoms with Crippen LogP contribution in [0.15, 0.2) is 36.7 Å². The van der Waals surface area contributed by atoms with Crippen LogP contribution in [0.2, 0.25) is 0 Å². The van der Waals surface area contributed by atoms with Crippen LogP contribution in [0.5, 0.6) is 5.75 Å². The summed E-state index contributed by atoms with van der Waals surface area (Å²) < 4.78 is 7.05. The molecule has 0 aliphatic carbocycles. The molecule has 19 heavy (non-hydrogen) atoms. The van der Waals surface area contributed by atoms with Crippen molar-refractivity contribution in [3.63, 3.8) is 0 Å². The molecule has 0 spiro atoms. The van der Waals surface area contributed by atoms with Crippen molar-refractivity contribution in [1.82, 2.24) is 9.78 Å². The first kappa shape index (κ1) is 13.6. The second-order valence-electron chi connectivity index (χ2n) is 4.61. The van der Waals surface area contributed by atoms with E-state index in [0.29, 0.717) is 6.42 Å². The molecular weight excluding hydrogens is 240 g/mol. The number of ether oxygens (including phenoxy) is 1. The summed E-state index contributed by atoms with van der Waals surface area (Å²) in [5, 5.41) is 14.5. The van der Waals surface area contributed by atoms with Crippen LogP contribution in [0, 0.1) is 0 Å². The van der Waals surface area contributed by atoms with Gasteiger partial charge in [-0.15, -0.1) is 0 Å². The molecule has 0 radical (unpaired) electrons. The zero-order chi connectivity index (χ0) is 13.7. The smallest absolute Gasteiger partial charge is 0.119 e. The van der Waals surface area contributed by atoms with Crippen LogP contribution in [0.1, 0.15) is 30.6 Å². The van der Waals surface area contributed by atoms with Crippen LogP contribution >= 0.6 is 0 Å². The Morgan fingerprint density at radius 3 is 3.00 bits per heavy atom. The molecule has 1 aromatic heterocycles. The summed E-state index contributed by atoms with van der Waals surface area (Å²) in [7, 11) is 1.64. The summed E-state index contributed by atoms with van der Waals surface area (Å²) in [6.45, 7) is 2.99. The third-order valence-electron chi connectivity index (χ3n) is 3.05. The highest BCUT2D eigenvalue weighted by Crippen LogP contribution is 2.20. The van der Waals surface area contributed by atoms with Gasteiger partial charge in [0, 0.05) is 24.7 Å². The Kier molecular flexibility index (Phi) is 4.58. The number of rotatable bonds is 6. The second-order valence-corrected chi connectivity index (χ2v) is 4.61. The van der Waals surface area contributed by atoms with E-state index in [0.717, 1.165) is 29.8 Å². The molecule has 4 heteroatoms. The number of aliphatic hydroxyl groups is 1. The molecule has 4 nitrogen and oxygen atoms in total. The largest absolute Gasteiger partial charge is 0.497 e. The number of hydrogen-bond acceptors (Lipinski definition) is 3. The van der Waals surface area contributed by atoms with Crippen molar-refractivity contribution in [2.75, 3.05) is 7.11 Å². The highest BCUT2D eigenvalue weighted by molar-refractivity contribution is 5.29. The van der Waals surface area contributed by atoms with E-state index < -0.39 is 6.10 Å². The molecule has 2 rings (SSSR count). The molecule has 0 amide bonds. The highest BCUT2D eigenvalue weighted by Gasteiger charge is 2.11. The van der Waals surface area contributed by atoms with Gasteiger partial charge in [-0.1, -0.05) is 19.1 Å². The lowest BCUT2D eigenvalue weighted by atomic mass is 10.0. The normalized spacial score (nSPS) is 12.4. The molecular formula is C15H20N2O2. The van der Waals surface area contributed by atoms with Gasteiger partial charge in [-0.25, -0.2) is 0 Å². The number of hydrogen-bond donors (Lipinski definition) is 1. The molecule has 0 saturated heterocycles. The van der Waals surface area contributed by atoms with E-state index >= 15 is 0 Å². The number of aryl methyl sites for hydroxylation is 1. The van der Waals surface area contributed by atoms with Crippen molar-refractivity contribution in [2.45, 2.75) is 32.4 Å². The molecule has 0 fully saturated rings. The maximum atomic E-state index is 10.2. The zero-order valence-corrected chi connectivity index (χ0v) is 11.4. The first-order valence-electron chi connectivity index (χ1n) is 6.56. The van der Waals surface area contributed by atoms with E-state index in [2.05, 4.69) is 12.0 Å². The minimum Gasteiger partial charge on any atom is -0.497 e. The maximum absolute atomic E-state index is 10.2. The molecule has 0 aliphatic heterocycles. The summed E-state index contributed by atoms with van der Waals surface area (Å²) in [6.07, 6.45) is 4.72. The van der Waals surface area contributed by atoms with Gasteiger partial charge in [0.05, 0.1) is 19.4 Å². The van der Waals surface area contributed by atoms with Gasteiger partial charge < -0.3 is 9.84 Å². The third kappa shape index (κ3) is 3.58. The summed E-state index contributed by atoms with van der Waals surface area (Å²) in [5.41, 5.74) is 1.91. The summed E-state index contributed by atoms with van der Waals surface area (Å²) in [5.74, 6) is 0.811. The molecule has 0 saturated carbocycles. The summed E-state index contributed by atoms with van der Waals surface area (Å²) in [4.78, 5) is 0. The molecule has 1 heterocycles.